The van der Waals surface area contributed by atoms with E-state index in [4.69, 9.17) is 9.47 Å². The fraction of sp³-hybridized carbons (Fsp3) is 0.682. The molecule has 0 spiro atoms. The maximum Gasteiger partial charge on any atom is 0.253 e. The molecule has 2 aliphatic carbocycles. The lowest BCUT2D eigenvalue weighted by Crippen LogP contribution is -2.36. The topological polar surface area (TPSA) is 42.0 Å². The Labute approximate surface area is 163 Å². The molecule has 5 heteroatoms. The minimum atomic E-state index is 0.0621. The highest BCUT2D eigenvalue weighted by Crippen LogP contribution is 2.46. The lowest BCUT2D eigenvalue weighted by atomic mass is 10.0. The zero-order valence-corrected chi connectivity index (χ0v) is 17.6. The van der Waals surface area contributed by atoms with Crippen molar-refractivity contribution in [1.29, 1.82) is 0 Å². The summed E-state index contributed by atoms with van der Waals surface area (Å²) in [5.74, 6) is 2.87. The van der Waals surface area contributed by atoms with E-state index in [9.17, 15) is 4.79 Å². The molecule has 3 rings (SSSR count). The van der Waals surface area contributed by atoms with Crippen LogP contribution in [0.25, 0.3) is 0 Å². The average Bonchev–Trinajstić information content (AvgIpc) is 3.19. The SMILES string of the molecule is COc1cc(C(=O)N(C)C2C[C@H]3CC(N(C)C)C[C@H]3C2)ccc1OC(C)C. The molecule has 5 nitrogen and oxygen atoms in total. The van der Waals surface area contributed by atoms with Gasteiger partial charge in [0.1, 0.15) is 0 Å². The Hall–Kier alpha value is -1.75. The Kier molecular flexibility index (Phi) is 5.99. The lowest BCUT2D eigenvalue weighted by Gasteiger charge is -2.27. The third-order valence-corrected chi connectivity index (χ3v) is 6.34. The first-order valence-corrected chi connectivity index (χ1v) is 10.1. The number of rotatable bonds is 6. The number of nitrogens with zero attached hydrogens (tertiary/aromatic N) is 2. The van der Waals surface area contributed by atoms with Crippen molar-refractivity contribution in [2.45, 2.75) is 57.7 Å². The number of hydrogen-bond donors (Lipinski definition) is 0. The molecule has 0 aromatic heterocycles. The second-order valence-electron chi connectivity index (χ2n) is 8.68. The van der Waals surface area contributed by atoms with Crippen molar-refractivity contribution in [2.24, 2.45) is 11.8 Å². The molecule has 2 fully saturated rings. The van der Waals surface area contributed by atoms with Crippen LogP contribution >= 0.6 is 0 Å². The van der Waals surface area contributed by atoms with Crippen LogP contribution in [0.1, 0.15) is 49.9 Å². The van der Waals surface area contributed by atoms with Crippen molar-refractivity contribution < 1.29 is 14.3 Å². The van der Waals surface area contributed by atoms with E-state index in [0.29, 0.717) is 29.1 Å². The van der Waals surface area contributed by atoms with Gasteiger partial charge in [-0.15, -0.1) is 0 Å². The molecule has 27 heavy (non-hydrogen) atoms. The third kappa shape index (κ3) is 4.23. The van der Waals surface area contributed by atoms with Crippen LogP contribution in [0.4, 0.5) is 0 Å². The summed E-state index contributed by atoms with van der Waals surface area (Å²) in [5.41, 5.74) is 0.661. The van der Waals surface area contributed by atoms with Gasteiger partial charge in [-0.05, 0) is 83.7 Å². The number of ether oxygens (including phenoxy) is 2. The second kappa shape index (κ2) is 8.09. The van der Waals surface area contributed by atoms with Gasteiger partial charge < -0.3 is 19.3 Å². The molecule has 0 radical (unpaired) electrons. The van der Waals surface area contributed by atoms with Gasteiger partial charge in [0.2, 0.25) is 0 Å². The Morgan fingerprint density at radius 2 is 1.59 bits per heavy atom. The highest BCUT2D eigenvalue weighted by molar-refractivity contribution is 5.95. The lowest BCUT2D eigenvalue weighted by molar-refractivity contribution is 0.0726. The van der Waals surface area contributed by atoms with Crippen molar-refractivity contribution in [3.8, 4) is 11.5 Å². The molecule has 1 aromatic rings. The summed E-state index contributed by atoms with van der Waals surface area (Å²) in [4.78, 5) is 17.3. The van der Waals surface area contributed by atoms with E-state index in [-0.39, 0.29) is 12.0 Å². The molecule has 2 aliphatic rings. The van der Waals surface area contributed by atoms with E-state index >= 15 is 0 Å². The van der Waals surface area contributed by atoms with Crippen LogP contribution in [-0.4, -0.2) is 62.1 Å². The molecular weight excluding hydrogens is 340 g/mol. The van der Waals surface area contributed by atoms with Gasteiger partial charge in [0.05, 0.1) is 13.2 Å². The van der Waals surface area contributed by atoms with E-state index < -0.39 is 0 Å². The second-order valence-corrected chi connectivity index (χ2v) is 8.68. The predicted octanol–water partition coefficient (Wildman–Crippen LogP) is 3.67. The Balaban J connectivity index is 1.66. The van der Waals surface area contributed by atoms with Gasteiger partial charge >= 0.3 is 0 Å². The van der Waals surface area contributed by atoms with Crippen LogP contribution in [0, 0.1) is 11.8 Å². The largest absolute Gasteiger partial charge is 0.493 e. The van der Waals surface area contributed by atoms with Crippen LogP contribution in [0.15, 0.2) is 18.2 Å². The first-order valence-electron chi connectivity index (χ1n) is 10.1. The van der Waals surface area contributed by atoms with Crippen molar-refractivity contribution in [3.05, 3.63) is 23.8 Å². The number of carbonyl (C=O) groups excluding carboxylic acids is 1. The van der Waals surface area contributed by atoms with Crippen LogP contribution in [0.2, 0.25) is 0 Å². The summed E-state index contributed by atoms with van der Waals surface area (Å²) in [7, 11) is 7.92. The highest BCUT2D eigenvalue weighted by atomic mass is 16.5. The summed E-state index contributed by atoms with van der Waals surface area (Å²) >= 11 is 0. The van der Waals surface area contributed by atoms with Crippen molar-refractivity contribution in [3.63, 3.8) is 0 Å². The number of amides is 1. The molecule has 0 saturated heterocycles. The smallest absolute Gasteiger partial charge is 0.253 e. The van der Waals surface area contributed by atoms with Crippen molar-refractivity contribution in [1.82, 2.24) is 9.80 Å². The molecule has 1 amide bonds. The minimum Gasteiger partial charge on any atom is -0.493 e. The fourth-order valence-electron chi connectivity index (χ4n) is 4.81. The summed E-state index contributed by atoms with van der Waals surface area (Å²) in [6, 6.07) is 6.53. The molecule has 0 bridgehead atoms. The maximum atomic E-state index is 13.0. The average molecular weight is 375 g/mol. The van der Waals surface area contributed by atoms with Crippen LogP contribution in [0.5, 0.6) is 11.5 Å². The number of hydrogen-bond acceptors (Lipinski definition) is 4. The minimum absolute atomic E-state index is 0.0621. The zero-order chi connectivity index (χ0) is 19.7. The quantitative estimate of drug-likeness (QED) is 0.762. The number of benzene rings is 1. The van der Waals surface area contributed by atoms with Gasteiger partial charge in [-0.3, -0.25) is 4.79 Å². The van der Waals surface area contributed by atoms with Gasteiger partial charge in [-0.25, -0.2) is 0 Å². The summed E-state index contributed by atoms with van der Waals surface area (Å²) in [6.45, 7) is 3.95. The molecule has 1 aromatic carbocycles. The Morgan fingerprint density at radius 1 is 1.00 bits per heavy atom. The normalized spacial score (nSPS) is 27.1. The van der Waals surface area contributed by atoms with Gasteiger partial charge in [0.25, 0.3) is 5.91 Å². The van der Waals surface area contributed by atoms with Crippen LogP contribution in [-0.2, 0) is 0 Å². The van der Waals surface area contributed by atoms with Gasteiger partial charge in [-0.1, -0.05) is 0 Å². The predicted molar refractivity (Wildman–Crippen MR) is 108 cm³/mol. The maximum absolute atomic E-state index is 13.0. The van der Waals surface area contributed by atoms with Crippen LogP contribution in [0.3, 0.4) is 0 Å². The van der Waals surface area contributed by atoms with E-state index in [1.807, 2.05) is 37.9 Å². The Morgan fingerprint density at radius 3 is 2.11 bits per heavy atom. The van der Waals surface area contributed by atoms with Gasteiger partial charge in [0.15, 0.2) is 11.5 Å². The summed E-state index contributed by atoms with van der Waals surface area (Å²) in [5, 5.41) is 0. The summed E-state index contributed by atoms with van der Waals surface area (Å²) < 4.78 is 11.2. The zero-order valence-electron chi connectivity index (χ0n) is 17.6. The third-order valence-electron chi connectivity index (χ3n) is 6.34. The molecule has 2 unspecified atom stereocenters. The van der Waals surface area contributed by atoms with E-state index in [1.54, 1.807) is 13.2 Å². The molecule has 0 aliphatic heterocycles. The van der Waals surface area contributed by atoms with E-state index in [2.05, 4.69) is 19.0 Å². The highest BCUT2D eigenvalue weighted by Gasteiger charge is 2.44. The molecule has 2 saturated carbocycles. The number of fused-ring (bicyclic) bond motifs is 1. The van der Waals surface area contributed by atoms with E-state index in [1.165, 1.54) is 12.8 Å². The monoisotopic (exact) mass is 374 g/mol. The van der Waals surface area contributed by atoms with Gasteiger partial charge in [0, 0.05) is 24.7 Å². The van der Waals surface area contributed by atoms with Crippen molar-refractivity contribution >= 4 is 5.91 Å². The van der Waals surface area contributed by atoms with Crippen molar-refractivity contribution in [2.75, 3.05) is 28.3 Å². The Bertz CT molecular complexity index is 660. The molecule has 0 N–H and O–H groups in total. The van der Waals surface area contributed by atoms with Gasteiger partial charge in [-0.2, -0.15) is 0 Å². The van der Waals surface area contributed by atoms with Crippen LogP contribution < -0.4 is 9.47 Å². The number of carbonyl (C=O) groups is 1. The standard InChI is InChI=1S/C22H34N2O3/c1-14(2)27-20-8-7-15(13-21(20)26-6)22(25)24(5)19-11-16-9-18(23(3)4)10-17(16)12-19/h7-8,13-14,16-19H,9-12H2,1-6H3/t16-,17+,18?,19?. The first kappa shape index (κ1) is 20.0. The number of methoxy groups -OCH3 is 1. The molecular formula is C22H34N2O3. The fourth-order valence-corrected chi connectivity index (χ4v) is 4.81. The summed E-state index contributed by atoms with van der Waals surface area (Å²) in [6.07, 6.45) is 4.86. The molecule has 150 valence electrons. The molecule has 4 atom stereocenters. The molecule has 0 heterocycles. The first-order chi connectivity index (χ1) is 12.8. The van der Waals surface area contributed by atoms with E-state index in [0.717, 1.165) is 24.7 Å².